The van der Waals surface area contributed by atoms with Crippen molar-refractivity contribution in [3.8, 4) is 0 Å². The summed E-state index contributed by atoms with van der Waals surface area (Å²) in [4.78, 5) is 12.1. The maximum atomic E-state index is 13.6. The Bertz CT molecular complexity index is 517. The Kier molecular flexibility index (Phi) is 4.17. The van der Waals surface area contributed by atoms with E-state index in [9.17, 15) is 13.6 Å². The highest BCUT2D eigenvalue weighted by Crippen LogP contribution is 2.27. The molecule has 6 heteroatoms. The van der Waals surface area contributed by atoms with Gasteiger partial charge < -0.3 is 14.8 Å². The van der Waals surface area contributed by atoms with Gasteiger partial charge in [0.15, 0.2) is 0 Å². The normalized spacial score (nSPS) is 28.8. The fraction of sp³-hybridized carbons (Fsp3) is 0.533. The molecule has 3 rings (SSSR count). The molecule has 0 spiro atoms. The number of ether oxygens (including phenoxy) is 2. The molecule has 1 saturated heterocycles. The Balaban J connectivity index is 1.65. The first kappa shape index (κ1) is 14.4. The standard InChI is InChI=1S/C15H17F2NO3/c16-10-2-1-3-11(17)14(10)15(19)18-9-4-5-12-13(8-9)21-7-6-20-12/h1-3,9,12-13H,4-8H2,(H,18,19)/t9-,12+,13+/m1/s1. The number of nitrogens with one attached hydrogen (secondary N) is 1. The quantitative estimate of drug-likeness (QED) is 0.908. The first-order chi connectivity index (χ1) is 10.1. The number of carbonyl (C=O) groups is 1. The smallest absolute Gasteiger partial charge is 0.257 e. The van der Waals surface area contributed by atoms with Gasteiger partial charge in [0.05, 0.1) is 25.4 Å². The zero-order valence-corrected chi connectivity index (χ0v) is 11.5. The van der Waals surface area contributed by atoms with Crippen LogP contribution >= 0.6 is 0 Å². The lowest BCUT2D eigenvalue weighted by Gasteiger charge is -2.39. The molecule has 1 aromatic carbocycles. The third-order valence-corrected chi connectivity index (χ3v) is 4.00. The number of fused-ring (bicyclic) bond motifs is 1. The van der Waals surface area contributed by atoms with E-state index in [1.807, 2.05) is 0 Å². The van der Waals surface area contributed by atoms with E-state index in [0.29, 0.717) is 26.1 Å². The fourth-order valence-electron chi connectivity index (χ4n) is 2.97. The van der Waals surface area contributed by atoms with Gasteiger partial charge in [0.1, 0.15) is 17.2 Å². The topological polar surface area (TPSA) is 47.6 Å². The van der Waals surface area contributed by atoms with Crippen LogP contribution in [0, 0.1) is 11.6 Å². The minimum absolute atomic E-state index is 0.0525. The number of halogens is 2. The van der Waals surface area contributed by atoms with Gasteiger partial charge in [-0.05, 0) is 31.4 Å². The van der Waals surface area contributed by atoms with Crippen LogP contribution < -0.4 is 5.32 Å². The van der Waals surface area contributed by atoms with Gasteiger partial charge in [0.2, 0.25) is 0 Å². The maximum Gasteiger partial charge on any atom is 0.257 e. The second kappa shape index (κ2) is 6.07. The van der Waals surface area contributed by atoms with Crippen LogP contribution in [0.25, 0.3) is 0 Å². The van der Waals surface area contributed by atoms with E-state index >= 15 is 0 Å². The molecule has 1 heterocycles. The third-order valence-electron chi connectivity index (χ3n) is 4.00. The minimum atomic E-state index is -0.849. The Labute approximate surface area is 121 Å². The Hall–Kier alpha value is -1.53. The van der Waals surface area contributed by atoms with Crippen molar-refractivity contribution in [1.29, 1.82) is 0 Å². The van der Waals surface area contributed by atoms with E-state index in [-0.39, 0.29) is 18.2 Å². The first-order valence-electron chi connectivity index (χ1n) is 7.13. The van der Waals surface area contributed by atoms with Crippen molar-refractivity contribution in [2.75, 3.05) is 13.2 Å². The van der Waals surface area contributed by atoms with Crippen molar-refractivity contribution >= 4 is 5.91 Å². The van der Waals surface area contributed by atoms with Crippen molar-refractivity contribution < 1.29 is 23.0 Å². The summed E-state index contributed by atoms with van der Waals surface area (Å²) < 4.78 is 38.4. The summed E-state index contributed by atoms with van der Waals surface area (Å²) >= 11 is 0. The van der Waals surface area contributed by atoms with E-state index < -0.39 is 23.1 Å². The van der Waals surface area contributed by atoms with Gasteiger partial charge in [0, 0.05) is 6.04 Å². The molecule has 1 aliphatic carbocycles. The minimum Gasteiger partial charge on any atom is -0.373 e. The van der Waals surface area contributed by atoms with Crippen LogP contribution in [0.5, 0.6) is 0 Å². The molecule has 1 aliphatic heterocycles. The zero-order valence-electron chi connectivity index (χ0n) is 11.5. The molecular weight excluding hydrogens is 280 g/mol. The molecule has 21 heavy (non-hydrogen) atoms. The highest BCUT2D eigenvalue weighted by atomic mass is 19.1. The molecule has 2 fully saturated rings. The van der Waals surface area contributed by atoms with E-state index in [4.69, 9.17) is 9.47 Å². The van der Waals surface area contributed by atoms with Gasteiger partial charge in [-0.15, -0.1) is 0 Å². The summed E-state index contributed by atoms with van der Waals surface area (Å²) in [5.74, 6) is -2.41. The number of amides is 1. The number of hydrogen-bond donors (Lipinski definition) is 1. The molecule has 1 saturated carbocycles. The van der Waals surface area contributed by atoms with Gasteiger partial charge in [-0.2, -0.15) is 0 Å². The molecule has 1 N–H and O–H groups in total. The molecule has 3 atom stereocenters. The van der Waals surface area contributed by atoms with Crippen molar-refractivity contribution in [3.63, 3.8) is 0 Å². The summed E-state index contributed by atoms with van der Waals surface area (Å²) in [6.07, 6.45) is 2.11. The largest absolute Gasteiger partial charge is 0.373 e. The average Bonchev–Trinajstić information content (AvgIpc) is 2.47. The van der Waals surface area contributed by atoms with Crippen LogP contribution in [0.1, 0.15) is 29.6 Å². The van der Waals surface area contributed by atoms with Gasteiger partial charge >= 0.3 is 0 Å². The highest BCUT2D eigenvalue weighted by Gasteiger charge is 2.35. The summed E-state index contributed by atoms with van der Waals surface area (Å²) in [7, 11) is 0. The van der Waals surface area contributed by atoms with Crippen LogP contribution in [0.3, 0.4) is 0 Å². The van der Waals surface area contributed by atoms with Crippen LogP contribution in [-0.2, 0) is 9.47 Å². The molecule has 2 aliphatic rings. The van der Waals surface area contributed by atoms with Crippen LogP contribution in [0.15, 0.2) is 18.2 Å². The molecule has 0 aromatic heterocycles. The molecular formula is C15H17F2NO3. The van der Waals surface area contributed by atoms with Gasteiger partial charge in [-0.25, -0.2) is 8.78 Å². The number of carbonyl (C=O) groups excluding carboxylic acids is 1. The Morgan fingerprint density at radius 2 is 1.76 bits per heavy atom. The van der Waals surface area contributed by atoms with E-state index in [2.05, 4.69) is 5.32 Å². The number of hydrogen-bond acceptors (Lipinski definition) is 3. The van der Waals surface area contributed by atoms with Crippen molar-refractivity contribution in [3.05, 3.63) is 35.4 Å². The highest BCUT2D eigenvalue weighted by molar-refractivity contribution is 5.94. The van der Waals surface area contributed by atoms with Crippen molar-refractivity contribution in [2.45, 2.75) is 37.5 Å². The second-order valence-corrected chi connectivity index (χ2v) is 5.40. The number of rotatable bonds is 2. The fourth-order valence-corrected chi connectivity index (χ4v) is 2.97. The molecule has 0 unspecified atom stereocenters. The second-order valence-electron chi connectivity index (χ2n) is 5.40. The van der Waals surface area contributed by atoms with Gasteiger partial charge in [-0.1, -0.05) is 6.07 Å². The summed E-state index contributed by atoms with van der Waals surface area (Å²) in [6, 6.07) is 3.24. The van der Waals surface area contributed by atoms with Gasteiger partial charge in [0.25, 0.3) is 5.91 Å². The molecule has 0 radical (unpaired) electrons. The predicted molar refractivity (Wildman–Crippen MR) is 70.9 cm³/mol. The number of benzene rings is 1. The van der Waals surface area contributed by atoms with E-state index in [0.717, 1.165) is 18.6 Å². The summed E-state index contributed by atoms with van der Waals surface area (Å²) in [5.41, 5.74) is -0.527. The van der Waals surface area contributed by atoms with Crippen LogP contribution in [0.2, 0.25) is 0 Å². The molecule has 1 aromatic rings. The maximum absolute atomic E-state index is 13.6. The lowest BCUT2D eigenvalue weighted by molar-refractivity contribution is -0.157. The Morgan fingerprint density at radius 1 is 1.10 bits per heavy atom. The predicted octanol–water partition coefficient (Wildman–Crippen LogP) is 2.03. The summed E-state index contributed by atoms with van der Waals surface area (Å²) in [5, 5.41) is 2.70. The SMILES string of the molecule is O=C(N[C@@H]1CC[C@@H]2OCCO[C@H]2C1)c1c(F)cccc1F. The lowest BCUT2D eigenvalue weighted by Crippen LogP contribution is -2.49. The van der Waals surface area contributed by atoms with Gasteiger partial charge in [-0.3, -0.25) is 4.79 Å². The van der Waals surface area contributed by atoms with Crippen molar-refractivity contribution in [2.24, 2.45) is 0 Å². The molecule has 0 bridgehead atoms. The average molecular weight is 297 g/mol. The molecule has 114 valence electrons. The Morgan fingerprint density at radius 3 is 2.48 bits per heavy atom. The van der Waals surface area contributed by atoms with Crippen molar-refractivity contribution in [1.82, 2.24) is 5.32 Å². The van der Waals surface area contributed by atoms with Crippen LogP contribution in [0.4, 0.5) is 8.78 Å². The zero-order chi connectivity index (χ0) is 14.8. The van der Waals surface area contributed by atoms with Crippen LogP contribution in [-0.4, -0.2) is 37.4 Å². The van der Waals surface area contributed by atoms with E-state index in [1.165, 1.54) is 6.07 Å². The monoisotopic (exact) mass is 297 g/mol. The molecule has 4 nitrogen and oxygen atoms in total. The lowest BCUT2D eigenvalue weighted by atomic mass is 9.89. The van der Waals surface area contributed by atoms with E-state index in [1.54, 1.807) is 0 Å². The third kappa shape index (κ3) is 3.06. The molecule has 1 amide bonds. The summed E-state index contributed by atoms with van der Waals surface area (Å²) in [6.45, 7) is 1.14. The first-order valence-corrected chi connectivity index (χ1v) is 7.13.